The van der Waals surface area contributed by atoms with E-state index in [-0.39, 0.29) is 23.4 Å². The zero-order valence-electron chi connectivity index (χ0n) is 23.3. The van der Waals surface area contributed by atoms with Gasteiger partial charge in [-0.05, 0) is 75.2 Å². The molecule has 1 amide bonds. The molecule has 3 aromatic rings. The highest BCUT2D eigenvalue weighted by Crippen LogP contribution is 2.42. The third-order valence-corrected chi connectivity index (χ3v) is 6.96. The second-order valence-corrected chi connectivity index (χ2v) is 9.34. The Hall–Kier alpha value is -4.33. The summed E-state index contributed by atoms with van der Waals surface area (Å²) < 4.78 is 24.9. The molecule has 7 nitrogen and oxygen atoms in total. The molecule has 1 saturated heterocycles. The van der Waals surface area contributed by atoms with E-state index in [0.29, 0.717) is 35.8 Å². The lowest BCUT2D eigenvalue weighted by molar-refractivity contribution is -0.140. The number of likely N-dealkylation sites (tertiary alicyclic amines) is 1. The van der Waals surface area contributed by atoms with E-state index in [1.165, 1.54) is 17.0 Å². The number of carbonyl (C=O) groups is 2. The van der Waals surface area contributed by atoms with Gasteiger partial charge in [0.05, 0.1) is 30.4 Å². The van der Waals surface area contributed by atoms with Crippen LogP contribution in [0.4, 0.5) is 10.1 Å². The molecule has 8 heteroatoms. The molecule has 0 aromatic heterocycles. The molecule has 0 saturated carbocycles. The summed E-state index contributed by atoms with van der Waals surface area (Å²) in [5, 5.41) is 11.6. The van der Waals surface area contributed by atoms with Crippen molar-refractivity contribution in [1.82, 2.24) is 4.90 Å². The average Bonchev–Trinajstić information content (AvgIpc) is 3.20. The number of amides is 1. The minimum absolute atomic E-state index is 0.0344. The van der Waals surface area contributed by atoms with Crippen LogP contribution in [-0.2, 0) is 16.1 Å². The zero-order valence-corrected chi connectivity index (χ0v) is 23.3. The van der Waals surface area contributed by atoms with Crippen molar-refractivity contribution in [2.45, 2.75) is 40.3 Å². The summed E-state index contributed by atoms with van der Waals surface area (Å²) in [6.45, 7) is 10.3. The highest BCUT2D eigenvalue weighted by molar-refractivity contribution is 6.46. The number of aliphatic hydroxyl groups is 1. The standard InChI is InChI=1S/C32H35FN2O5/c1-5-34(6-2)24-15-11-22(12-16-24)29-28(30(36)26-18-17-25(39-7-3)19-27(26)40-8-4)31(37)32(38)35(29)20-21-9-13-23(33)14-10-21/h9-19,29,36H,5-8,20H2,1-4H3/b30-28-. The van der Waals surface area contributed by atoms with Gasteiger partial charge in [0.1, 0.15) is 23.1 Å². The van der Waals surface area contributed by atoms with Gasteiger partial charge in [0.2, 0.25) is 0 Å². The zero-order chi connectivity index (χ0) is 28.8. The van der Waals surface area contributed by atoms with Crippen LogP contribution in [0.2, 0.25) is 0 Å². The van der Waals surface area contributed by atoms with E-state index >= 15 is 0 Å². The number of ether oxygens (including phenoxy) is 2. The Bertz CT molecular complexity index is 1380. The van der Waals surface area contributed by atoms with Gasteiger partial charge in [-0.3, -0.25) is 9.59 Å². The number of carbonyl (C=O) groups excluding carboxylic acids is 2. The Morgan fingerprint density at radius 3 is 2.15 bits per heavy atom. The summed E-state index contributed by atoms with van der Waals surface area (Å²) >= 11 is 0. The summed E-state index contributed by atoms with van der Waals surface area (Å²) in [6, 6.07) is 17.5. The van der Waals surface area contributed by atoms with E-state index < -0.39 is 23.5 Å². The molecule has 0 spiro atoms. The Labute approximate surface area is 234 Å². The van der Waals surface area contributed by atoms with Crippen LogP contribution in [0.15, 0.2) is 72.3 Å². The first-order valence-electron chi connectivity index (χ1n) is 13.6. The number of aliphatic hydroxyl groups excluding tert-OH is 1. The molecular formula is C32H35FN2O5. The molecule has 40 heavy (non-hydrogen) atoms. The van der Waals surface area contributed by atoms with Crippen molar-refractivity contribution < 1.29 is 28.6 Å². The largest absolute Gasteiger partial charge is 0.507 e. The van der Waals surface area contributed by atoms with Crippen LogP contribution in [0.1, 0.15) is 50.4 Å². The van der Waals surface area contributed by atoms with Crippen molar-refractivity contribution >= 4 is 23.1 Å². The van der Waals surface area contributed by atoms with Gasteiger partial charge in [-0.2, -0.15) is 0 Å². The van der Waals surface area contributed by atoms with E-state index in [2.05, 4.69) is 18.7 Å². The Morgan fingerprint density at radius 2 is 1.55 bits per heavy atom. The van der Waals surface area contributed by atoms with Gasteiger partial charge in [-0.25, -0.2) is 4.39 Å². The van der Waals surface area contributed by atoms with E-state index in [1.807, 2.05) is 38.1 Å². The van der Waals surface area contributed by atoms with Crippen molar-refractivity contribution in [3.63, 3.8) is 0 Å². The van der Waals surface area contributed by atoms with Crippen LogP contribution in [0.25, 0.3) is 5.76 Å². The van der Waals surface area contributed by atoms with Gasteiger partial charge in [-0.1, -0.05) is 24.3 Å². The van der Waals surface area contributed by atoms with Crippen molar-refractivity contribution in [3.05, 3.63) is 94.8 Å². The third-order valence-electron chi connectivity index (χ3n) is 6.96. The fourth-order valence-corrected chi connectivity index (χ4v) is 5.01. The maximum absolute atomic E-state index is 13.6. The maximum Gasteiger partial charge on any atom is 0.295 e. The molecule has 3 aromatic carbocycles. The summed E-state index contributed by atoms with van der Waals surface area (Å²) in [6.07, 6.45) is 0. The smallest absolute Gasteiger partial charge is 0.295 e. The van der Waals surface area contributed by atoms with Crippen LogP contribution in [0, 0.1) is 5.82 Å². The van der Waals surface area contributed by atoms with Gasteiger partial charge in [0.25, 0.3) is 11.7 Å². The minimum atomic E-state index is -0.864. The summed E-state index contributed by atoms with van der Waals surface area (Å²) in [5.74, 6) is -1.37. The number of halogens is 1. The van der Waals surface area contributed by atoms with Gasteiger partial charge < -0.3 is 24.4 Å². The van der Waals surface area contributed by atoms with E-state index in [4.69, 9.17) is 9.47 Å². The predicted molar refractivity (Wildman–Crippen MR) is 153 cm³/mol. The molecule has 1 unspecified atom stereocenters. The lowest BCUT2D eigenvalue weighted by Crippen LogP contribution is -2.29. The monoisotopic (exact) mass is 546 g/mol. The van der Waals surface area contributed by atoms with Gasteiger partial charge in [-0.15, -0.1) is 0 Å². The molecule has 210 valence electrons. The molecule has 1 aliphatic heterocycles. The van der Waals surface area contributed by atoms with Crippen molar-refractivity contribution in [3.8, 4) is 11.5 Å². The average molecular weight is 547 g/mol. The quantitative estimate of drug-likeness (QED) is 0.178. The van der Waals surface area contributed by atoms with Crippen LogP contribution >= 0.6 is 0 Å². The molecule has 1 aliphatic rings. The molecule has 0 radical (unpaired) electrons. The summed E-state index contributed by atoms with van der Waals surface area (Å²) in [4.78, 5) is 30.6. The second-order valence-electron chi connectivity index (χ2n) is 9.34. The molecule has 4 rings (SSSR count). The highest BCUT2D eigenvalue weighted by Gasteiger charge is 2.46. The van der Waals surface area contributed by atoms with Gasteiger partial charge >= 0.3 is 0 Å². The number of hydrogen-bond donors (Lipinski definition) is 1. The highest BCUT2D eigenvalue weighted by atomic mass is 19.1. The predicted octanol–water partition coefficient (Wildman–Crippen LogP) is 6.09. The second kappa shape index (κ2) is 12.7. The van der Waals surface area contributed by atoms with Gasteiger partial charge in [0.15, 0.2) is 0 Å². The van der Waals surface area contributed by atoms with Crippen molar-refractivity contribution in [2.24, 2.45) is 0 Å². The molecule has 1 N–H and O–H groups in total. The number of benzene rings is 3. The van der Waals surface area contributed by atoms with Crippen LogP contribution < -0.4 is 14.4 Å². The molecule has 1 fully saturated rings. The molecule has 0 aliphatic carbocycles. The first kappa shape index (κ1) is 28.7. The van der Waals surface area contributed by atoms with Crippen LogP contribution in [-0.4, -0.2) is 48.0 Å². The molecule has 1 heterocycles. The number of ketones is 1. The van der Waals surface area contributed by atoms with Crippen LogP contribution in [0.3, 0.4) is 0 Å². The van der Waals surface area contributed by atoms with Crippen molar-refractivity contribution in [1.29, 1.82) is 0 Å². The first-order valence-corrected chi connectivity index (χ1v) is 13.6. The van der Waals surface area contributed by atoms with Gasteiger partial charge in [0, 0.05) is 31.4 Å². The Morgan fingerprint density at radius 1 is 0.900 bits per heavy atom. The fraction of sp³-hybridized carbons (Fsp3) is 0.312. The normalized spacial score (nSPS) is 16.3. The third kappa shape index (κ3) is 5.81. The van der Waals surface area contributed by atoms with E-state index in [1.54, 1.807) is 30.3 Å². The van der Waals surface area contributed by atoms with Crippen molar-refractivity contribution in [2.75, 3.05) is 31.2 Å². The summed E-state index contributed by atoms with van der Waals surface area (Å²) in [5.41, 5.74) is 2.59. The minimum Gasteiger partial charge on any atom is -0.507 e. The Kier molecular flexibility index (Phi) is 9.09. The fourth-order valence-electron chi connectivity index (χ4n) is 5.01. The number of hydrogen-bond acceptors (Lipinski definition) is 6. The first-order chi connectivity index (χ1) is 19.3. The SMILES string of the molecule is CCOc1ccc(/C(O)=C2/C(=O)C(=O)N(Cc3ccc(F)cc3)C2c2ccc(N(CC)CC)cc2)c(OCC)c1. The molecular weight excluding hydrogens is 511 g/mol. The lowest BCUT2D eigenvalue weighted by atomic mass is 9.94. The molecule has 1 atom stereocenters. The number of rotatable bonds is 11. The Balaban J connectivity index is 1.86. The number of Topliss-reactive ketones (excluding diaryl/α,β-unsaturated/α-hetero) is 1. The van der Waals surface area contributed by atoms with E-state index in [0.717, 1.165) is 18.8 Å². The number of anilines is 1. The molecule has 0 bridgehead atoms. The number of nitrogens with zero attached hydrogens (tertiary/aromatic N) is 2. The summed E-state index contributed by atoms with van der Waals surface area (Å²) in [7, 11) is 0. The topological polar surface area (TPSA) is 79.3 Å². The lowest BCUT2D eigenvalue weighted by Gasteiger charge is -2.27. The van der Waals surface area contributed by atoms with E-state index in [9.17, 15) is 19.1 Å². The van der Waals surface area contributed by atoms with Crippen LogP contribution in [0.5, 0.6) is 11.5 Å². The maximum atomic E-state index is 13.6.